The van der Waals surface area contributed by atoms with E-state index < -0.39 is 17.8 Å². The van der Waals surface area contributed by atoms with Crippen molar-refractivity contribution in [3.8, 4) is 11.5 Å². The van der Waals surface area contributed by atoms with Gasteiger partial charge in [-0.3, -0.25) is 23.5 Å². The third kappa shape index (κ3) is 4.77. The highest BCUT2D eigenvalue weighted by Crippen LogP contribution is 2.20. The summed E-state index contributed by atoms with van der Waals surface area (Å²) in [7, 11) is 2.97. The average Bonchev–Trinajstić information content (AvgIpc) is 2.89. The molecule has 0 amide bonds. The Bertz CT molecular complexity index is 1530. The molecule has 0 unspecified atom stereocenters. The van der Waals surface area contributed by atoms with Crippen molar-refractivity contribution >= 4 is 22.5 Å². The fourth-order valence-corrected chi connectivity index (χ4v) is 4.06. The molecule has 4 rings (SSSR count). The molecule has 0 fully saturated rings. The Morgan fingerprint density at radius 2 is 1.37 bits per heavy atom. The number of ketones is 2. The summed E-state index contributed by atoms with van der Waals surface area (Å²) in [4.78, 5) is 52.5. The van der Waals surface area contributed by atoms with Gasteiger partial charge in [0.25, 0.3) is 5.56 Å². The lowest BCUT2D eigenvalue weighted by Crippen LogP contribution is -2.42. The van der Waals surface area contributed by atoms with Crippen LogP contribution in [0.25, 0.3) is 10.9 Å². The first-order valence-electron chi connectivity index (χ1n) is 11.0. The zero-order valence-electron chi connectivity index (χ0n) is 19.4. The molecular weight excluding hydrogens is 448 g/mol. The minimum absolute atomic E-state index is 0.0110. The van der Waals surface area contributed by atoms with Crippen molar-refractivity contribution in [2.45, 2.75) is 19.5 Å². The quantitative estimate of drug-likeness (QED) is 0.348. The Kier molecular flexibility index (Phi) is 6.91. The number of para-hydroxylation sites is 3. The van der Waals surface area contributed by atoms with Gasteiger partial charge in [-0.15, -0.1) is 0 Å². The molecule has 178 valence electrons. The van der Waals surface area contributed by atoms with Gasteiger partial charge in [0.15, 0.2) is 11.6 Å². The van der Waals surface area contributed by atoms with Crippen LogP contribution < -0.4 is 20.7 Å². The van der Waals surface area contributed by atoms with Crippen molar-refractivity contribution < 1.29 is 19.1 Å². The van der Waals surface area contributed by atoms with E-state index in [1.54, 1.807) is 72.8 Å². The van der Waals surface area contributed by atoms with Gasteiger partial charge >= 0.3 is 5.69 Å². The summed E-state index contributed by atoms with van der Waals surface area (Å²) in [6.45, 7) is -0.746. The molecule has 1 heterocycles. The maximum atomic E-state index is 13.4. The number of fused-ring (bicyclic) bond motifs is 1. The highest BCUT2D eigenvalue weighted by atomic mass is 16.5. The number of ether oxygens (including phenoxy) is 2. The van der Waals surface area contributed by atoms with Crippen LogP contribution in [0.3, 0.4) is 0 Å². The summed E-state index contributed by atoms with van der Waals surface area (Å²) >= 11 is 0. The number of aromatic nitrogens is 2. The molecular formula is C27H24N2O6. The molecule has 0 aliphatic rings. The van der Waals surface area contributed by atoms with Crippen molar-refractivity contribution in [1.82, 2.24) is 9.13 Å². The molecule has 35 heavy (non-hydrogen) atoms. The maximum Gasteiger partial charge on any atom is 0.332 e. The molecule has 0 saturated carbocycles. The van der Waals surface area contributed by atoms with Crippen LogP contribution in [-0.2, 0) is 24.3 Å². The molecule has 0 bridgehead atoms. The topological polar surface area (TPSA) is 96.6 Å². The Balaban J connectivity index is 1.74. The van der Waals surface area contributed by atoms with E-state index in [0.717, 1.165) is 4.57 Å². The lowest BCUT2D eigenvalue weighted by Gasteiger charge is -2.14. The second-order valence-corrected chi connectivity index (χ2v) is 7.93. The van der Waals surface area contributed by atoms with E-state index in [1.165, 1.54) is 18.8 Å². The summed E-state index contributed by atoms with van der Waals surface area (Å²) in [6.07, 6.45) is -0.0110. The van der Waals surface area contributed by atoms with E-state index in [1.807, 2.05) is 0 Å². The highest BCUT2D eigenvalue weighted by molar-refractivity contribution is 5.99. The van der Waals surface area contributed by atoms with Crippen LogP contribution in [0.4, 0.5) is 0 Å². The molecule has 0 atom stereocenters. The zero-order valence-corrected chi connectivity index (χ0v) is 19.4. The fraction of sp³-hybridized carbons (Fsp3) is 0.185. The SMILES string of the molecule is COc1ccccc1CC(=O)Cn1c(=O)c2ccccc2n(CC(=O)c2ccccc2OC)c1=O. The van der Waals surface area contributed by atoms with Crippen LogP contribution in [0.2, 0.25) is 0 Å². The van der Waals surface area contributed by atoms with Crippen LogP contribution in [0.15, 0.2) is 82.4 Å². The summed E-state index contributed by atoms with van der Waals surface area (Å²) in [5.74, 6) is 0.230. The Hall–Kier alpha value is -4.46. The number of carbonyl (C=O) groups is 2. The fourth-order valence-electron chi connectivity index (χ4n) is 4.06. The minimum atomic E-state index is -0.731. The van der Waals surface area contributed by atoms with Gasteiger partial charge < -0.3 is 9.47 Å². The second kappa shape index (κ2) is 10.2. The lowest BCUT2D eigenvalue weighted by atomic mass is 10.1. The first-order valence-corrected chi connectivity index (χ1v) is 11.0. The van der Waals surface area contributed by atoms with E-state index in [9.17, 15) is 19.2 Å². The zero-order chi connectivity index (χ0) is 24.9. The maximum absolute atomic E-state index is 13.4. The number of nitrogens with zero attached hydrogens (tertiary/aromatic N) is 2. The van der Waals surface area contributed by atoms with E-state index in [-0.39, 0.29) is 29.9 Å². The van der Waals surface area contributed by atoms with E-state index in [4.69, 9.17) is 9.47 Å². The monoisotopic (exact) mass is 472 g/mol. The smallest absolute Gasteiger partial charge is 0.332 e. The van der Waals surface area contributed by atoms with Gasteiger partial charge in [0.2, 0.25) is 0 Å². The van der Waals surface area contributed by atoms with E-state index >= 15 is 0 Å². The Labute approximate surface area is 201 Å². The molecule has 1 aromatic heterocycles. The second-order valence-electron chi connectivity index (χ2n) is 7.93. The number of benzene rings is 3. The van der Waals surface area contributed by atoms with Gasteiger partial charge in [-0.25, -0.2) is 4.79 Å². The van der Waals surface area contributed by atoms with E-state index in [0.29, 0.717) is 28.1 Å². The molecule has 0 radical (unpaired) electrons. The molecule has 8 heteroatoms. The molecule has 4 aromatic rings. The Morgan fingerprint density at radius 1 is 0.743 bits per heavy atom. The van der Waals surface area contributed by atoms with Crippen LogP contribution in [0.5, 0.6) is 11.5 Å². The third-order valence-electron chi connectivity index (χ3n) is 5.76. The molecule has 0 aliphatic carbocycles. The van der Waals surface area contributed by atoms with Crippen molar-refractivity contribution in [1.29, 1.82) is 0 Å². The van der Waals surface area contributed by atoms with Crippen LogP contribution >= 0.6 is 0 Å². The molecule has 0 N–H and O–H groups in total. The summed E-state index contributed by atoms with van der Waals surface area (Å²) in [5, 5.41) is 0.241. The first kappa shape index (κ1) is 23.7. The van der Waals surface area contributed by atoms with E-state index in [2.05, 4.69) is 0 Å². The predicted octanol–water partition coefficient (Wildman–Crippen LogP) is 2.88. The number of methoxy groups -OCH3 is 2. The lowest BCUT2D eigenvalue weighted by molar-refractivity contribution is -0.119. The number of rotatable bonds is 9. The minimum Gasteiger partial charge on any atom is -0.496 e. The van der Waals surface area contributed by atoms with Crippen LogP contribution in [-0.4, -0.2) is 34.9 Å². The average molecular weight is 472 g/mol. The van der Waals surface area contributed by atoms with Crippen molar-refractivity contribution in [2.24, 2.45) is 0 Å². The first-order chi connectivity index (χ1) is 16.9. The standard InChI is InChI=1S/C27H24N2O6/c1-34-24-13-7-3-9-18(24)15-19(30)16-29-26(32)20-10-4-6-12-22(20)28(27(29)33)17-23(31)21-11-5-8-14-25(21)35-2/h3-14H,15-17H2,1-2H3. The van der Waals surface area contributed by atoms with Crippen LogP contribution in [0, 0.1) is 0 Å². The van der Waals surface area contributed by atoms with Crippen molar-refractivity contribution in [3.05, 3.63) is 105 Å². The van der Waals surface area contributed by atoms with Gasteiger partial charge in [-0.1, -0.05) is 42.5 Å². The third-order valence-corrected chi connectivity index (χ3v) is 5.76. The number of hydrogen-bond acceptors (Lipinski definition) is 6. The predicted molar refractivity (Wildman–Crippen MR) is 131 cm³/mol. The van der Waals surface area contributed by atoms with Crippen LogP contribution in [0.1, 0.15) is 15.9 Å². The molecule has 3 aromatic carbocycles. The van der Waals surface area contributed by atoms with Crippen molar-refractivity contribution in [3.63, 3.8) is 0 Å². The van der Waals surface area contributed by atoms with Gasteiger partial charge in [0.05, 0.1) is 43.8 Å². The Morgan fingerprint density at radius 3 is 2.11 bits per heavy atom. The number of Topliss-reactive ketones (excluding diaryl/α,β-unsaturated/α-hetero) is 2. The summed E-state index contributed by atoms with van der Waals surface area (Å²) < 4.78 is 12.7. The highest BCUT2D eigenvalue weighted by Gasteiger charge is 2.20. The molecule has 0 spiro atoms. The molecule has 8 nitrogen and oxygen atoms in total. The summed E-state index contributed by atoms with van der Waals surface area (Å²) in [5.41, 5.74) is -0.0269. The van der Waals surface area contributed by atoms with Gasteiger partial charge in [0, 0.05) is 12.0 Å². The van der Waals surface area contributed by atoms with Gasteiger partial charge in [-0.05, 0) is 30.3 Å². The summed E-state index contributed by atoms with van der Waals surface area (Å²) in [6, 6.07) is 20.3. The molecule has 0 aliphatic heterocycles. The van der Waals surface area contributed by atoms with Gasteiger partial charge in [-0.2, -0.15) is 0 Å². The van der Waals surface area contributed by atoms with Crippen molar-refractivity contribution in [2.75, 3.05) is 14.2 Å². The number of hydrogen-bond donors (Lipinski definition) is 0. The molecule has 0 saturated heterocycles. The number of carbonyl (C=O) groups excluding carboxylic acids is 2. The van der Waals surface area contributed by atoms with Gasteiger partial charge in [0.1, 0.15) is 11.5 Å². The largest absolute Gasteiger partial charge is 0.496 e. The normalized spacial score (nSPS) is 10.8.